The lowest BCUT2D eigenvalue weighted by Gasteiger charge is -2.33. The summed E-state index contributed by atoms with van der Waals surface area (Å²) < 4.78 is 0. The van der Waals surface area contributed by atoms with E-state index in [2.05, 4.69) is 29.4 Å². The average molecular weight is 225 g/mol. The molecular weight excluding hydrogens is 202 g/mol. The summed E-state index contributed by atoms with van der Waals surface area (Å²) in [7, 11) is 0. The first-order valence-corrected chi connectivity index (χ1v) is 6.44. The molecule has 92 valence electrons. The summed E-state index contributed by atoms with van der Waals surface area (Å²) in [4.78, 5) is 14.4. The molecule has 0 aromatic heterocycles. The number of piperazine rings is 1. The Bertz CT molecular complexity index is 249. The number of rotatable bonds is 2. The van der Waals surface area contributed by atoms with E-state index in [1.165, 1.54) is 6.42 Å². The lowest BCUT2D eigenvalue weighted by molar-refractivity contribution is -0.135. The predicted octanol–water partition coefficient (Wildman–Crippen LogP) is 0.195. The van der Waals surface area contributed by atoms with Crippen molar-refractivity contribution in [1.82, 2.24) is 15.5 Å². The molecule has 2 heterocycles. The van der Waals surface area contributed by atoms with Crippen LogP contribution in [0.1, 0.15) is 26.7 Å². The number of carbonyl (C=O) groups excluding carboxylic acids is 1. The zero-order chi connectivity index (χ0) is 11.5. The lowest BCUT2D eigenvalue weighted by atomic mass is 10.0. The molecule has 2 aliphatic heterocycles. The summed E-state index contributed by atoms with van der Waals surface area (Å²) in [5, 5.41) is 6.57. The summed E-state index contributed by atoms with van der Waals surface area (Å²) >= 11 is 0. The van der Waals surface area contributed by atoms with Gasteiger partial charge in [-0.3, -0.25) is 4.79 Å². The summed E-state index contributed by atoms with van der Waals surface area (Å²) in [5.74, 6) is 0.867. The highest BCUT2D eigenvalue weighted by Crippen LogP contribution is 2.24. The van der Waals surface area contributed by atoms with E-state index in [1.807, 2.05) is 0 Å². The van der Waals surface area contributed by atoms with Crippen molar-refractivity contribution in [1.29, 1.82) is 0 Å². The van der Waals surface area contributed by atoms with Gasteiger partial charge in [-0.25, -0.2) is 0 Å². The van der Waals surface area contributed by atoms with Crippen LogP contribution in [0.2, 0.25) is 0 Å². The Kier molecular flexibility index (Phi) is 3.82. The molecule has 0 aromatic carbocycles. The molecule has 4 nitrogen and oxygen atoms in total. The molecule has 0 spiro atoms. The summed E-state index contributed by atoms with van der Waals surface area (Å²) in [6.07, 6.45) is 2.33. The Labute approximate surface area is 97.8 Å². The molecule has 2 atom stereocenters. The second-order valence-corrected chi connectivity index (χ2v) is 5.20. The van der Waals surface area contributed by atoms with Crippen molar-refractivity contribution in [3.8, 4) is 0 Å². The minimum atomic E-state index is -0.00639. The van der Waals surface area contributed by atoms with Gasteiger partial charge in [0.1, 0.15) is 0 Å². The highest BCUT2D eigenvalue weighted by Gasteiger charge is 2.34. The summed E-state index contributed by atoms with van der Waals surface area (Å²) in [6, 6.07) is 0.448. The van der Waals surface area contributed by atoms with Crippen molar-refractivity contribution in [2.75, 3.05) is 26.2 Å². The lowest BCUT2D eigenvalue weighted by Crippen LogP contribution is -2.57. The van der Waals surface area contributed by atoms with Crippen LogP contribution in [0.5, 0.6) is 0 Å². The Morgan fingerprint density at radius 3 is 2.81 bits per heavy atom. The van der Waals surface area contributed by atoms with E-state index in [9.17, 15) is 4.79 Å². The maximum atomic E-state index is 12.3. The van der Waals surface area contributed by atoms with Crippen molar-refractivity contribution < 1.29 is 4.79 Å². The standard InChI is InChI=1S/C12H23N3O/c1-9(2)11-4-3-7-15(11)12(16)10-8-13-5-6-14-10/h9-11,13-14H,3-8H2,1-2H3. The van der Waals surface area contributed by atoms with Gasteiger partial charge in [-0.2, -0.15) is 0 Å². The summed E-state index contributed by atoms with van der Waals surface area (Å²) in [6.45, 7) is 8.01. The van der Waals surface area contributed by atoms with E-state index >= 15 is 0 Å². The molecule has 0 aliphatic carbocycles. The third-order valence-corrected chi connectivity index (χ3v) is 3.69. The van der Waals surface area contributed by atoms with Crippen LogP contribution in [0, 0.1) is 5.92 Å². The molecule has 1 amide bonds. The van der Waals surface area contributed by atoms with Gasteiger partial charge in [-0.1, -0.05) is 13.8 Å². The van der Waals surface area contributed by atoms with Gasteiger partial charge in [0.15, 0.2) is 0 Å². The van der Waals surface area contributed by atoms with E-state index in [1.54, 1.807) is 0 Å². The van der Waals surface area contributed by atoms with Crippen molar-refractivity contribution >= 4 is 5.91 Å². The van der Waals surface area contributed by atoms with Crippen molar-refractivity contribution in [3.05, 3.63) is 0 Å². The zero-order valence-corrected chi connectivity index (χ0v) is 10.3. The summed E-state index contributed by atoms with van der Waals surface area (Å²) in [5.41, 5.74) is 0. The maximum absolute atomic E-state index is 12.3. The molecule has 2 fully saturated rings. The zero-order valence-electron chi connectivity index (χ0n) is 10.3. The van der Waals surface area contributed by atoms with Crippen molar-refractivity contribution in [2.45, 2.75) is 38.8 Å². The number of likely N-dealkylation sites (tertiary alicyclic amines) is 1. The van der Waals surface area contributed by atoms with Crippen LogP contribution in [-0.4, -0.2) is 49.1 Å². The van der Waals surface area contributed by atoms with E-state index in [-0.39, 0.29) is 6.04 Å². The molecule has 2 saturated heterocycles. The molecule has 2 rings (SSSR count). The first-order chi connectivity index (χ1) is 7.70. The van der Waals surface area contributed by atoms with Crippen LogP contribution >= 0.6 is 0 Å². The van der Waals surface area contributed by atoms with Crippen LogP contribution < -0.4 is 10.6 Å². The number of hydrogen-bond donors (Lipinski definition) is 2. The van der Waals surface area contributed by atoms with Crippen LogP contribution in [0.15, 0.2) is 0 Å². The third-order valence-electron chi connectivity index (χ3n) is 3.69. The fourth-order valence-electron chi connectivity index (χ4n) is 2.79. The van der Waals surface area contributed by atoms with E-state index in [0.29, 0.717) is 17.9 Å². The average Bonchev–Trinajstić information content (AvgIpc) is 2.78. The molecule has 2 N–H and O–H groups in total. The molecular formula is C12H23N3O. The molecule has 0 bridgehead atoms. The van der Waals surface area contributed by atoms with Crippen molar-refractivity contribution in [3.63, 3.8) is 0 Å². The quantitative estimate of drug-likeness (QED) is 0.705. The molecule has 4 heteroatoms. The Morgan fingerprint density at radius 2 is 2.19 bits per heavy atom. The minimum absolute atomic E-state index is 0.00639. The maximum Gasteiger partial charge on any atom is 0.241 e. The van der Waals surface area contributed by atoms with Gasteiger partial charge in [-0.05, 0) is 18.8 Å². The van der Waals surface area contributed by atoms with Crippen molar-refractivity contribution in [2.24, 2.45) is 5.92 Å². The van der Waals surface area contributed by atoms with E-state index in [0.717, 1.165) is 32.6 Å². The molecule has 2 unspecified atom stereocenters. The molecule has 0 radical (unpaired) electrons. The Balaban J connectivity index is 1.97. The highest BCUT2D eigenvalue weighted by molar-refractivity contribution is 5.82. The third kappa shape index (κ3) is 2.38. The fraction of sp³-hybridized carbons (Fsp3) is 0.917. The second kappa shape index (κ2) is 5.15. The van der Waals surface area contributed by atoms with Gasteiger partial charge < -0.3 is 15.5 Å². The molecule has 16 heavy (non-hydrogen) atoms. The van der Waals surface area contributed by atoms with E-state index in [4.69, 9.17) is 0 Å². The van der Waals surface area contributed by atoms with Gasteiger partial charge in [0.2, 0.25) is 5.91 Å². The second-order valence-electron chi connectivity index (χ2n) is 5.20. The van der Waals surface area contributed by atoms with Gasteiger partial charge in [0.05, 0.1) is 6.04 Å². The molecule has 0 saturated carbocycles. The number of amides is 1. The Hall–Kier alpha value is -0.610. The first-order valence-electron chi connectivity index (χ1n) is 6.44. The van der Waals surface area contributed by atoms with Gasteiger partial charge in [-0.15, -0.1) is 0 Å². The van der Waals surface area contributed by atoms with E-state index < -0.39 is 0 Å². The van der Waals surface area contributed by atoms with Crippen LogP contribution in [0.3, 0.4) is 0 Å². The minimum Gasteiger partial charge on any atom is -0.338 e. The SMILES string of the molecule is CC(C)C1CCCN1C(=O)C1CNCCN1. The normalized spacial score (nSPS) is 31.1. The number of nitrogens with zero attached hydrogens (tertiary/aromatic N) is 1. The monoisotopic (exact) mass is 225 g/mol. The number of carbonyl (C=O) groups is 1. The topological polar surface area (TPSA) is 44.4 Å². The van der Waals surface area contributed by atoms with Gasteiger partial charge in [0, 0.05) is 32.2 Å². The number of hydrogen-bond acceptors (Lipinski definition) is 3. The van der Waals surface area contributed by atoms with Gasteiger partial charge in [0.25, 0.3) is 0 Å². The first kappa shape index (κ1) is 11.9. The predicted molar refractivity (Wildman–Crippen MR) is 64.2 cm³/mol. The van der Waals surface area contributed by atoms with Gasteiger partial charge >= 0.3 is 0 Å². The molecule has 0 aromatic rings. The Morgan fingerprint density at radius 1 is 1.38 bits per heavy atom. The smallest absolute Gasteiger partial charge is 0.241 e. The number of nitrogens with one attached hydrogen (secondary N) is 2. The largest absolute Gasteiger partial charge is 0.338 e. The molecule has 2 aliphatic rings. The van der Waals surface area contributed by atoms with Crippen LogP contribution in [0.25, 0.3) is 0 Å². The van der Waals surface area contributed by atoms with Crippen LogP contribution in [0.4, 0.5) is 0 Å². The highest BCUT2D eigenvalue weighted by atomic mass is 16.2. The fourth-order valence-corrected chi connectivity index (χ4v) is 2.79. The van der Waals surface area contributed by atoms with Crippen LogP contribution in [-0.2, 0) is 4.79 Å².